The SMILES string of the molecule is COc1ccccc1/C(O)=C1\C(=O)C(=O)N(c2ccc(F)c(F)c2)C1c1cccc(C)c1. The molecule has 1 unspecified atom stereocenters. The second kappa shape index (κ2) is 8.26. The number of para-hydroxylation sites is 1. The zero-order chi connectivity index (χ0) is 23.0. The molecule has 3 aromatic rings. The first-order chi connectivity index (χ1) is 15.3. The second-order valence-corrected chi connectivity index (χ2v) is 7.38. The Bertz CT molecular complexity index is 1270. The van der Waals surface area contributed by atoms with Crippen molar-refractivity contribution in [2.75, 3.05) is 12.0 Å². The molecule has 32 heavy (non-hydrogen) atoms. The summed E-state index contributed by atoms with van der Waals surface area (Å²) in [7, 11) is 1.42. The summed E-state index contributed by atoms with van der Waals surface area (Å²) in [6, 6.07) is 15.5. The lowest BCUT2D eigenvalue weighted by Gasteiger charge is -2.26. The topological polar surface area (TPSA) is 66.8 Å². The number of aliphatic hydroxyl groups is 1. The molecule has 0 aromatic heterocycles. The highest BCUT2D eigenvalue weighted by molar-refractivity contribution is 6.51. The zero-order valence-corrected chi connectivity index (χ0v) is 17.3. The number of amides is 1. The number of halogens is 2. The summed E-state index contributed by atoms with van der Waals surface area (Å²) in [6.07, 6.45) is 0. The standard InChI is InChI=1S/C25H19F2NO4/c1-14-6-5-7-15(12-14)22-21(23(29)17-8-3-4-9-20(17)32-2)24(30)25(31)28(22)16-10-11-18(26)19(27)13-16/h3-13,22,29H,1-2H3/b23-21+. The summed E-state index contributed by atoms with van der Waals surface area (Å²) in [5.74, 6) is -4.24. The molecule has 7 heteroatoms. The molecule has 1 atom stereocenters. The highest BCUT2D eigenvalue weighted by atomic mass is 19.2. The van der Waals surface area contributed by atoms with E-state index < -0.39 is 35.1 Å². The van der Waals surface area contributed by atoms with Gasteiger partial charge in [0.15, 0.2) is 11.6 Å². The van der Waals surface area contributed by atoms with Crippen molar-refractivity contribution in [3.63, 3.8) is 0 Å². The Morgan fingerprint density at radius 3 is 2.41 bits per heavy atom. The van der Waals surface area contributed by atoms with Gasteiger partial charge in [-0.05, 0) is 36.8 Å². The number of aliphatic hydroxyl groups excluding tert-OH is 1. The lowest BCUT2D eigenvalue weighted by molar-refractivity contribution is -0.132. The Balaban J connectivity index is 1.99. The molecule has 1 saturated heterocycles. The number of carbonyl (C=O) groups excluding carboxylic acids is 2. The zero-order valence-electron chi connectivity index (χ0n) is 17.3. The van der Waals surface area contributed by atoms with Crippen molar-refractivity contribution in [3.8, 4) is 5.75 Å². The van der Waals surface area contributed by atoms with Crippen LogP contribution in [0.2, 0.25) is 0 Å². The number of ether oxygens (including phenoxy) is 1. The third kappa shape index (κ3) is 3.51. The summed E-state index contributed by atoms with van der Waals surface area (Å²) in [6.45, 7) is 1.84. The van der Waals surface area contributed by atoms with Crippen molar-refractivity contribution >= 4 is 23.1 Å². The van der Waals surface area contributed by atoms with Gasteiger partial charge in [0.05, 0.1) is 24.3 Å². The number of methoxy groups -OCH3 is 1. The fraction of sp³-hybridized carbons (Fsp3) is 0.120. The minimum absolute atomic E-state index is 0.00316. The van der Waals surface area contributed by atoms with Crippen molar-refractivity contribution < 1.29 is 28.2 Å². The van der Waals surface area contributed by atoms with Gasteiger partial charge in [-0.3, -0.25) is 14.5 Å². The first kappa shape index (κ1) is 21.2. The average Bonchev–Trinajstić information content (AvgIpc) is 3.06. The van der Waals surface area contributed by atoms with Gasteiger partial charge in [0, 0.05) is 11.8 Å². The number of anilines is 1. The number of aryl methyl sites for hydroxylation is 1. The van der Waals surface area contributed by atoms with E-state index in [4.69, 9.17) is 4.74 Å². The Labute approximate surface area is 183 Å². The summed E-state index contributed by atoms with van der Waals surface area (Å²) in [5.41, 5.74) is 1.45. The Kier molecular flexibility index (Phi) is 5.48. The van der Waals surface area contributed by atoms with Crippen LogP contribution in [-0.2, 0) is 9.59 Å². The molecule has 1 amide bonds. The first-order valence-electron chi connectivity index (χ1n) is 9.79. The number of benzene rings is 3. The first-order valence-corrected chi connectivity index (χ1v) is 9.79. The maximum absolute atomic E-state index is 14.0. The van der Waals surface area contributed by atoms with Crippen molar-refractivity contribution in [2.24, 2.45) is 0 Å². The van der Waals surface area contributed by atoms with Gasteiger partial charge in [0.25, 0.3) is 11.7 Å². The normalized spacial score (nSPS) is 17.6. The molecule has 162 valence electrons. The van der Waals surface area contributed by atoms with Crippen LogP contribution in [-0.4, -0.2) is 23.9 Å². The molecule has 5 nitrogen and oxygen atoms in total. The molecule has 1 aliphatic heterocycles. The molecular formula is C25H19F2NO4. The van der Waals surface area contributed by atoms with Gasteiger partial charge in [0.2, 0.25) is 0 Å². The molecule has 4 rings (SSSR count). The second-order valence-electron chi connectivity index (χ2n) is 7.38. The van der Waals surface area contributed by atoms with Gasteiger partial charge in [-0.2, -0.15) is 0 Å². The molecule has 1 fully saturated rings. The highest BCUT2D eigenvalue weighted by Gasteiger charge is 2.47. The quantitative estimate of drug-likeness (QED) is 0.359. The molecule has 0 saturated carbocycles. The van der Waals surface area contributed by atoms with Gasteiger partial charge in [-0.25, -0.2) is 8.78 Å². The van der Waals surface area contributed by atoms with Crippen LogP contribution < -0.4 is 9.64 Å². The smallest absolute Gasteiger partial charge is 0.300 e. The molecule has 1 aliphatic rings. The number of rotatable bonds is 4. The van der Waals surface area contributed by atoms with E-state index in [2.05, 4.69) is 0 Å². The van der Waals surface area contributed by atoms with E-state index in [9.17, 15) is 23.5 Å². The van der Waals surface area contributed by atoms with Crippen LogP contribution in [0.1, 0.15) is 22.7 Å². The van der Waals surface area contributed by atoms with E-state index in [0.29, 0.717) is 11.3 Å². The van der Waals surface area contributed by atoms with Crippen LogP contribution in [0.15, 0.2) is 72.3 Å². The summed E-state index contributed by atoms with van der Waals surface area (Å²) < 4.78 is 32.8. The van der Waals surface area contributed by atoms with Gasteiger partial charge in [0.1, 0.15) is 11.5 Å². The minimum atomic E-state index is -1.16. The van der Waals surface area contributed by atoms with Crippen LogP contribution >= 0.6 is 0 Å². The van der Waals surface area contributed by atoms with Crippen molar-refractivity contribution in [3.05, 3.63) is 101 Å². The van der Waals surface area contributed by atoms with Crippen LogP contribution in [0.25, 0.3) is 5.76 Å². The largest absolute Gasteiger partial charge is 0.507 e. The number of carbonyl (C=O) groups is 2. The Morgan fingerprint density at radius 1 is 0.969 bits per heavy atom. The summed E-state index contributed by atoms with van der Waals surface area (Å²) in [4.78, 5) is 27.2. The van der Waals surface area contributed by atoms with Crippen molar-refractivity contribution in [1.29, 1.82) is 0 Å². The van der Waals surface area contributed by atoms with Crippen LogP contribution in [0.3, 0.4) is 0 Å². The third-order valence-corrected chi connectivity index (χ3v) is 5.35. The van der Waals surface area contributed by atoms with E-state index >= 15 is 0 Å². The van der Waals surface area contributed by atoms with Gasteiger partial charge >= 0.3 is 0 Å². The number of ketones is 1. The molecule has 0 bridgehead atoms. The fourth-order valence-electron chi connectivity index (χ4n) is 3.87. The van der Waals surface area contributed by atoms with Crippen LogP contribution in [0.4, 0.5) is 14.5 Å². The molecular weight excluding hydrogens is 416 g/mol. The minimum Gasteiger partial charge on any atom is -0.507 e. The molecule has 0 spiro atoms. The van der Waals surface area contributed by atoms with Crippen LogP contribution in [0, 0.1) is 18.6 Å². The van der Waals surface area contributed by atoms with Crippen molar-refractivity contribution in [2.45, 2.75) is 13.0 Å². The predicted molar refractivity (Wildman–Crippen MR) is 115 cm³/mol. The molecule has 0 radical (unpaired) electrons. The number of hydrogen-bond acceptors (Lipinski definition) is 4. The van der Waals surface area contributed by atoms with E-state index in [0.717, 1.165) is 22.6 Å². The van der Waals surface area contributed by atoms with E-state index in [-0.39, 0.29) is 16.8 Å². The Hall–Kier alpha value is -4.00. The fourth-order valence-corrected chi connectivity index (χ4v) is 3.87. The number of nitrogens with zero attached hydrogens (tertiary/aromatic N) is 1. The number of hydrogen-bond donors (Lipinski definition) is 1. The van der Waals surface area contributed by atoms with Gasteiger partial charge in [-0.15, -0.1) is 0 Å². The number of Topliss-reactive ketones (excluding diaryl/α,β-unsaturated/α-hetero) is 1. The van der Waals surface area contributed by atoms with E-state index in [1.807, 2.05) is 13.0 Å². The Morgan fingerprint density at radius 2 is 1.72 bits per heavy atom. The summed E-state index contributed by atoms with van der Waals surface area (Å²) in [5, 5.41) is 11.2. The van der Waals surface area contributed by atoms with Gasteiger partial charge in [-0.1, -0.05) is 42.0 Å². The lowest BCUT2D eigenvalue weighted by atomic mass is 9.94. The van der Waals surface area contributed by atoms with E-state index in [1.165, 1.54) is 13.2 Å². The van der Waals surface area contributed by atoms with Gasteiger partial charge < -0.3 is 9.84 Å². The lowest BCUT2D eigenvalue weighted by Crippen LogP contribution is -2.29. The maximum Gasteiger partial charge on any atom is 0.300 e. The van der Waals surface area contributed by atoms with Crippen molar-refractivity contribution in [1.82, 2.24) is 0 Å². The molecule has 1 N–H and O–H groups in total. The summed E-state index contributed by atoms with van der Waals surface area (Å²) >= 11 is 0. The molecule has 0 aliphatic carbocycles. The molecule has 3 aromatic carbocycles. The van der Waals surface area contributed by atoms with Crippen LogP contribution in [0.5, 0.6) is 5.75 Å². The third-order valence-electron chi connectivity index (χ3n) is 5.35. The maximum atomic E-state index is 14.0. The monoisotopic (exact) mass is 435 g/mol. The molecule has 1 heterocycles. The van der Waals surface area contributed by atoms with E-state index in [1.54, 1.807) is 42.5 Å². The average molecular weight is 435 g/mol. The predicted octanol–water partition coefficient (Wildman–Crippen LogP) is 4.91. The highest BCUT2D eigenvalue weighted by Crippen LogP contribution is 2.43.